The summed E-state index contributed by atoms with van der Waals surface area (Å²) in [5.74, 6) is 0.641. The average Bonchev–Trinajstić information content (AvgIpc) is 2.40. The lowest BCUT2D eigenvalue weighted by Crippen LogP contribution is -2.35. The third kappa shape index (κ3) is 7.99. The Morgan fingerprint density at radius 2 is 1.81 bits per heavy atom. The molecule has 0 atom stereocenters. The van der Waals surface area contributed by atoms with Crippen molar-refractivity contribution in [2.24, 2.45) is 0 Å². The predicted octanol–water partition coefficient (Wildman–Crippen LogP) is 2.32. The summed E-state index contributed by atoms with van der Waals surface area (Å²) < 4.78 is 15.8. The van der Waals surface area contributed by atoms with Crippen LogP contribution in [-0.4, -0.2) is 44.1 Å². The SMILES string of the molecule is COCCOCCOc1ccc(CNC(C)(C)C)c(C)n1. The molecular formula is C16H28N2O3. The number of nitrogens with zero attached hydrogens (tertiary/aromatic N) is 1. The minimum atomic E-state index is 0.0984. The van der Waals surface area contributed by atoms with Crippen molar-refractivity contribution in [3.63, 3.8) is 0 Å². The van der Waals surface area contributed by atoms with Crippen molar-refractivity contribution in [2.45, 2.75) is 39.8 Å². The summed E-state index contributed by atoms with van der Waals surface area (Å²) in [5.41, 5.74) is 2.28. The van der Waals surface area contributed by atoms with Crippen molar-refractivity contribution in [2.75, 3.05) is 33.5 Å². The highest BCUT2D eigenvalue weighted by molar-refractivity contribution is 5.25. The van der Waals surface area contributed by atoms with Crippen LogP contribution in [-0.2, 0) is 16.0 Å². The zero-order valence-corrected chi connectivity index (χ0v) is 13.9. The van der Waals surface area contributed by atoms with Crippen LogP contribution in [0.3, 0.4) is 0 Å². The fourth-order valence-electron chi connectivity index (χ4n) is 1.64. The Labute approximate surface area is 128 Å². The van der Waals surface area contributed by atoms with E-state index in [0.29, 0.717) is 32.3 Å². The summed E-state index contributed by atoms with van der Waals surface area (Å²) in [6.07, 6.45) is 0. The van der Waals surface area contributed by atoms with Crippen LogP contribution in [0.1, 0.15) is 32.0 Å². The van der Waals surface area contributed by atoms with Crippen molar-refractivity contribution in [3.05, 3.63) is 23.4 Å². The standard InChI is InChI=1S/C16H28N2O3/c1-13-14(12-17-16(2,3)4)6-7-15(18-13)21-11-10-20-9-8-19-5/h6-7,17H,8-12H2,1-5H3. The molecule has 1 rings (SSSR count). The van der Waals surface area contributed by atoms with E-state index in [9.17, 15) is 0 Å². The van der Waals surface area contributed by atoms with E-state index in [2.05, 4.69) is 37.1 Å². The molecule has 0 fully saturated rings. The second kappa shape index (κ2) is 8.97. The maximum atomic E-state index is 5.57. The number of rotatable bonds is 9. The maximum absolute atomic E-state index is 5.57. The van der Waals surface area contributed by atoms with Gasteiger partial charge in [0.05, 0.1) is 19.8 Å². The lowest BCUT2D eigenvalue weighted by Gasteiger charge is -2.21. The van der Waals surface area contributed by atoms with Gasteiger partial charge in [-0.15, -0.1) is 0 Å². The third-order valence-electron chi connectivity index (χ3n) is 2.89. The van der Waals surface area contributed by atoms with Crippen LogP contribution in [0.4, 0.5) is 0 Å². The normalized spacial score (nSPS) is 11.7. The van der Waals surface area contributed by atoms with Gasteiger partial charge >= 0.3 is 0 Å². The first kappa shape index (κ1) is 17.9. The first-order valence-corrected chi connectivity index (χ1v) is 7.33. The predicted molar refractivity (Wildman–Crippen MR) is 83.8 cm³/mol. The van der Waals surface area contributed by atoms with Crippen molar-refractivity contribution in [3.8, 4) is 5.88 Å². The highest BCUT2D eigenvalue weighted by Crippen LogP contribution is 2.13. The molecule has 0 bridgehead atoms. The molecule has 5 heteroatoms. The monoisotopic (exact) mass is 296 g/mol. The molecule has 0 aliphatic heterocycles. The molecule has 0 saturated heterocycles. The Morgan fingerprint density at radius 3 is 2.43 bits per heavy atom. The molecule has 0 aliphatic rings. The summed E-state index contributed by atoms with van der Waals surface area (Å²) in [6, 6.07) is 3.96. The van der Waals surface area contributed by atoms with Crippen molar-refractivity contribution < 1.29 is 14.2 Å². The summed E-state index contributed by atoms with van der Waals surface area (Å²) in [6.45, 7) is 11.5. The van der Waals surface area contributed by atoms with E-state index >= 15 is 0 Å². The van der Waals surface area contributed by atoms with Gasteiger partial charge in [0, 0.05) is 31.0 Å². The Hall–Kier alpha value is -1.17. The molecule has 21 heavy (non-hydrogen) atoms. The van der Waals surface area contributed by atoms with Gasteiger partial charge < -0.3 is 19.5 Å². The molecule has 5 nitrogen and oxygen atoms in total. The summed E-state index contributed by atoms with van der Waals surface area (Å²) in [4.78, 5) is 4.47. The third-order valence-corrected chi connectivity index (χ3v) is 2.89. The number of aromatic nitrogens is 1. The van der Waals surface area contributed by atoms with Crippen LogP contribution in [0.5, 0.6) is 5.88 Å². The zero-order chi connectivity index (χ0) is 15.7. The zero-order valence-electron chi connectivity index (χ0n) is 13.9. The van der Waals surface area contributed by atoms with Crippen LogP contribution < -0.4 is 10.1 Å². The molecule has 1 N–H and O–H groups in total. The molecule has 0 aromatic carbocycles. The van der Waals surface area contributed by atoms with E-state index < -0.39 is 0 Å². The van der Waals surface area contributed by atoms with Crippen LogP contribution in [0.15, 0.2) is 12.1 Å². The maximum Gasteiger partial charge on any atom is 0.213 e. The van der Waals surface area contributed by atoms with Crippen LogP contribution in [0.2, 0.25) is 0 Å². The van der Waals surface area contributed by atoms with E-state index in [1.54, 1.807) is 7.11 Å². The molecule has 0 aliphatic carbocycles. The van der Waals surface area contributed by atoms with Crippen LogP contribution >= 0.6 is 0 Å². The second-order valence-corrected chi connectivity index (χ2v) is 5.95. The van der Waals surface area contributed by atoms with Gasteiger partial charge in [-0.2, -0.15) is 0 Å². The topological polar surface area (TPSA) is 52.6 Å². The molecule has 0 spiro atoms. The lowest BCUT2D eigenvalue weighted by molar-refractivity contribution is 0.0536. The van der Waals surface area contributed by atoms with E-state index in [1.807, 2.05) is 13.0 Å². The second-order valence-electron chi connectivity index (χ2n) is 5.95. The molecule has 1 heterocycles. The van der Waals surface area contributed by atoms with Gasteiger partial charge in [0.25, 0.3) is 0 Å². The molecule has 1 aromatic heterocycles. The summed E-state index contributed by atoms with van der Waals surface area (Å²) >= 11 is 0. The largest absolute Gasteiger partial charge is 0.475 e. The van der Waals surface area contributed by atoms with Gasteiger partial charge in [-0.3, -0.25) is 0 Å². The van der Waals surface area contributed by atoms with Crippen molar-refractivity contribution in [1.82, 2.24) is 10.3 Å². The minimum Gasteiger partial charge on any atom is -0.475 e. The first-order chi connectivity index (χ1) is 9.92. The van der Waals surface area contributed by atoms with Crippen molar-refractivity contribution in [1.29, 1.82) is 0 Å². The number of nitrogens with one attached hydrogen (secondary N) is 1. The fraction of sp³-hybridized carbons (Fsp3) is 0.688. The molecule has 0 amide bonds. The van der Waals surface area contributed by atoms with Gasteiger partial charge in [-0.05, 0) is 33.3 Å². The van der Waals surface area contributed by atoms with E-state index in [-0.39, 0.29) is 5.54 Å². The summed E-state index contributed by atoms with van der Waals surface area (Å²) in [7, 11) is 1.66. The molecule has 0 unspecified atom stereocenters. The van der Waals surface area contributed by atoms with Gasteiger partial charge in [0.1, 0.15) is 6.61 Å². The average molecular weight is 296 g/mol. The number of hydrogen-bond donors (Lipinski definition) is 1. The van der Waals surface area contributed by atoms with Crippen molar-refractivity contribution >= 4 is 0 Å². The number of ether oxygens (including phenoxy) is 3. The summed E-state index contributed by atoms with van der Waals surface area (Å²) in [5, 5.41) is 3.46. The quantitative estimate of drug-likeness (QED) is 0.709. The number of aryl methyl sites for hydroxylation is 1. The fourth-order valence-corrected chi connectivity index (χ4v) is 1.64. The highest BCUT2D eigenvalue weighted by Gasteiger charge is 2.10. The first-order valence-electron chi connectivity index (χ1n) is 7.33. The Morgan fingerprint density at radius 1 is 1.10 bits per heavy atom. The van der Waals surface area contributed by atoms with Crippen LogP contribution in [0.25, 0.3) is 0 Å². The van der Waals surface area contributed by atoms with E-state index in [1.165, 1.54) is 5.56 Å². The van der Waals surface area contributed by atoms with E-state index in [0.717, 1.165) is 12.2 Å². The number of hydrogen-bond acceptors (Lipinski definition) is 5. The smallest absolute Gasteiger partial charge is 0.213 e. The van der Waals surface area contributed by atoms with Gasteiger partial charge in [0.2, 0.25) is 5.88 Å². The van der Waals surface area contributed by atoms with Crippen LogP contribution in [0, 0.1) is 6.92 Å². The molecular weight excluding hydrogens is 268 g/mol. The molecule has 1 aromatic rings. The Bertz CT molecular complexity index is 416. The molecule has 120 valence electrons. The number of pyridine rings is 1. The minimum absolute atomic E-state index is 0.0984. The highest BCUT2D eigenvalue weighted by atomic mass is 16.5. The Balaban J connectivity index is 2.36. The van der Waals surface area contributed by atoms with Gasteiger partial charge in [-0.1, -0.05) is 6.07 Å². The molecule has 0 saturated carbocycles. The number of methoxy groups -OCH3 is 1. The van der Waals surface area contributed by atoms with E-state index in [4.69, 9.17) is 14.2 Å². The lowest BCUT2D eigenvalue weighted by atomic mass is 10.1. The Kier molecular flexibility index (Phi) is 7.64. The van der Waals surface area contributed by atoms with Gasteiger partial charge in [-0.25, -0.2) is 4.98 Å². The van der Waals surface area contributed by atoms with Gasteiger partial charge in [0.15, 0.2) is 0 Å². The molecule has 0 radical (unpaired) electrons.